The standard InChI is InChI=1S/C25H18F6N4O2/c1-36-20-10-3-6-16(12-20)15-5-2-7-17(11-15)21-33-22(35-23(34-21)37-14-24(26,27)28)32-19-9-4-8-18(13-19)25(29,30)31/h2-13H,14H2,1H3,(H,32,33,34,35). The van der Waals surface area contributed by atoms with Crippen LogP contribution in [0.15, 0.2) is 72.8 Å². The van der Waals surface area contributed by atoms with Crippen LogP contribution < -0.4 is 14.8 Å². The predicted octanol–water partition coefficient (Wildman–Crippen LogP) is 6.92. The lowest BCUT2D eigenvalue weighted by molar-refractivity contribution is -0.154. The molecule has 0 aliphatic heterocycles. The number of methoxy groups -OCH3 is 1. The van der Waals surface area contributed by atoms with Crippen molar-refractivity contribution < 1.29 is 35.8 Å². The summed E-state index contributed by atoms with van der Waals surface area (Å²) >= 11 is 0. The summed E-state index contributed by atoms with van der Waals surface area (Å²) in [6, 6.07) is 17.6. The zero-order valence-corrected chi connectivity index (χ0v) is 19.1. The molecule has 1 aromatic heterocycles. The third kappa shape index (κ3) is 6.87. The Morgan fingerprint density at radius 3 is 2.14 bits per heavy atom. The van der Waals surface area contributed by atoms with Gasteiger partial charge in [0.25, 0.3) is 0 Å². The van der Waals surface area contributed by atoms with Gasteiger partial charge in [0, 0.05) is 11.3 Å². The second kappa shape index (κ2) is 10.3. The van der Waals surface area contributed by atoms with Gasteiger partial charge in [-0.05, 0) is 47.5 Å². The molecule has 0 spiro atoms. The minimum Gasteiger partial charge on any atom is -0.497 e. The molecular weight excluding hydrogens is 502 g/mol. The number of rotatable bonds is 7. The Balaban J connectivity index is 1.72. The second-order valence-electron chi connectivity index (χ2n) is 7.69. The Bertz CT molecular complexity index is 1390. The molecule has 4 aromatic rings. The molecule has 0 aliphatic carbocycles. The van der Waals surface area contributed by atoms with Crippen molar-refractivity contribution >= 4 is 11.6 Å². The van der Waals surface area contributed by atoms with Gasteiger partial charge in [0.05, 0.1) is 12.7 Å². The van der Waals surface area contributed by atoms with Gasteiger partial charge in [0.15, 0.2) is 12.4 Å². The van der Waals surface area contributed by atoms with Crippen LogP contribution in [0.1, 0.15) is 5.56 Å². The molecule has 3 aromatic carbocycles. The molecule has 0 radical (unpaired) electrons. The SMILES string of the molecule is COc1cccc(-c2cccc(-c3nc(Nc4cccc(C(F)(F)F)c4)nc(OCC(F)(F)F)n3)c2)c1. The average Bonchev–Trinajstić information content (AvgIpc) is 2.87. The molecule has 0 saturated heterocycles. The fraction of sp³-hybridized carbons (Fsp3) is 0.160. The summed E-state index contributed by atoms with van der Waals surface area (Å²) < 4.78 is 87.5. The molecule has 0 amide bonds. The first-order valence-corrected chi connectivity index (χ1v) is 10.6. The number of aromatic nitrogens is 3. The molecule has 0 unspecified atom stereocenters. The Labute approximate surface area is 206 Å². The van der Waals surface area contributed by atoms with Crippen LogP contribution in [0.25, 0.3) is 22.5 Å². The van der Waals surface area contributed by atoms with Crippen LogP contribution >= 0.6 is 0 Å². The first kappa shape index (κ1) is 25.7. The molecule has 0 aliphatic rings. The molecule has 6 nitrogen and oxygen atoms in total. The van der Waals surface area contributed by atoms with Crippen LogP contribution in [0.2, 0.25) is 0 Å². The van der Waals surface area contributed by atoms with Crippen LogP contribution in [0.3, 0.4) is 0 Å². The third-order valence-corrected chi connectivity index (χ3v) is 4.95. The summed E-state index contributed by atoms with van der Waals surface area (Å²) in [6.07, 6.45) is -9.25. The van der Waals surface area contributed by atoms with E-state index in [-0.39, 0.29) is 17.5 Å². The molecule has 0 saturated carbocycles. The predicted molar refractivity (Wildman–Crippen MR) is 124 cm³/mol. The van der Waals surface area contributed by atoms with Crippen molar-refractivity contribution in [2.24, 2.45) is 0 Å². The van der Waals surface area contributed by atoms with Crippen molar-refractivity contribution in [3.63, 3.8) is 0 Å². The van der Waals surface area contributed by atoms with E-state index >= 15 is 0 Å². The highest BCUT2D eigenvalue weighted by Gasteiger charge is 2.31. The van der Waals surface area contributed by atoms with Gasteiger partial charge in [-0.15, -0.1) is 0 Å². The topological polar surface area (TPSA) is 69.2 Å². The van der Waals surface area contributed by atoms with E-state index in [1.165, 1.54) is 19.2 Å². The second-order valence-corrected chi connectivity index (χ2v) is 7.69. The molecule has 0 fully saturated rings. The Morgan fingerprint density at radius 1 is 0.757 bits per heavy atom. The first-order valence-electron chi connectivity index (χ1n) is 10.6. The summed E-state index contributed by atoms with van der Waals surface area (Å²) in [6.45, 7) is -1.66. The largest absolute Gasteiger partial charge is 0.497 e. The van der Waals surface area contributed by atoms with Gasteiger partial charge in [-0.2, -0.15) is 41.3 Å². The Morgan fingerprint density at radius 2 is 1.43 bits per heavy atom. The zero-order chi connectivity index (χ0) is 26.6. The van der Waals surface area contributed by atoms with Gasteiger partial charge in [0.2, 0.25) is 5.95 Å². The third-order valence-electron chi connectivity index (χ3n) is 4.95. The van der Waals surface area contributed by atoms with E-state index in [0.717, 1.165) is 23.3 Å². The number of alkyl halides is 6. The molecule has 0 atom stereocenters. The van der Waals surface area contributed by atoms with E-state index in [1.807, 2.05) is 12.1 Å². The minimum atomic E-state index is -4.66. The summed E-state index contributed by atoms with van der Waals surface area (Å²) in [5.41, 5.74) is 0.991. The maximum absolute atomic E-state index is 13.1. The van der Waals surface area contributed by atoms with Crippen molar-refractivity contribution in [3.05, 3.63) is 78.4 Å². The van der Waals surface area contributed by atoms with E-state index in [4.69, 9.17) is 9.47 Å². The van der Waals surface area contributed by atoms with Crippen molar-refractivity contribution in [1.82, 2.24) is 15.0 Å². The van der Waals surface area contributed by atoms with Gasteiger partial charge in [-0.3, -0.25) is 0 Å². The highest BCUT2D eigenvalue weighted by Crippen LogP contribution is 2.32. The molecule has 1 heterocycles. The minimum absolute atomic E-state index is 0.0288. The van der Waals surface area contributed by atoms with Crippen LogP contribution in [-0.2, 0) is 6.18 Å². The molecule has 12 heteroatoms. The van der Waals surface area contributed by atoms with E-state index in [9.17, 15) is 26.3 Å². The lowest BCUT2D eigenvalue weighted by atomic mass is 10.0. The van der Waals surface area contributed by atoms with Crippen LogP contribution in [0, 0.1) is 0 Å². The molecule has 37 heavy (non-hydrogen) atoms. The number of nitrogens with one attached hydrogen (secondary N) is 1. The van der Waals surface area contributed by atoms with Crippen molar-refractivity contribution in [1.29, 1.82) is 0 Å². The van der Waals surface area contributed by atoms with Gasteiger partial charge < -0.3 is 14.8 Å². The molecule has 0 bridgehead atoms. The number of nitrogens with zero attached hydrogens (tertiary/aromatic N) is 3. The quantitative estimate of drug-likeness (QED) is 0.267. The van der Waals surface area contributed by atoms with Gasteiger partial charge in [-0.1, -0.05) is 36.4 Å². The molecule has 192 valence electrons. The Kier molecular flexibility index (Phi) is 7.18. The number of ether oxygens (including phenoxy) is 2. The highest BCUT2D eigenvalue weighted by atomic mass is 19.4. The maximum Gasteiger partial charge on any atom is 0.422 e. The van der Waals surface area contributed by atoms with Crippen molar-refractivity contribution in [2.75, 3.05) is 19.0 Å². The zero-order valence-electron chi connectivity index (χ0n) is 19.1. The Hall–Kier alpha value is -4.35. The maximum atomic E-state index is 13.1. The van der Waals surface area contributed by atoms with Crippen LogP contribution in [0.5, 0.6) is 11.8 Å². The molecule has 4 rings (SSSR count). The first-order chi connectivity index (χ1) is 17.5. The van der Waals surface area contributed by atoms with Gasteiger partial charge in [0.1, 0.15) is 5.75 Å². The van der Waals surface area contributed by atoms with Crippen LogP contribution in [-0.4, -0.2) is 34.8 Å². The van der Waals surface area contributed by atoms with Gasteiger partial charge in [-0.25, -0.2) is 0 Å². The average molecular weight is 520 g/mol. The summed E-state index contributed by atoms with van der Waals surface area (Å²) in [5.74, 6) is 0.276. The van der Waals surface area contributed by atoms with E-state index < -0.39 is 30.5 Å². The van der Waals surface area contributed by atoms with E-state index in [0.29, 0.717) is 11.3 Å². The smallest absolute Gasteiger partial charge is 0.422 e. The van der Waals surface area contributed by atoms with Gasteiger partial charge >= 0.3 is 18.4 Å². The van der Waals surface area contributed by atoms with Crippen LogP contribution in [0.4, 0.5) is 38.0 Å². The number of halogens is 6. The molecular formula is C25H18F6N4O2. The number of benzene rings is 3. The fourth-order valence-electron chi connectivity index (χ4n) is 3.30. The number of anilines is 2. The number of hydrogen-bond acceptors (Lipinski definition) is 6. The fourth-order valence-corrected chi connectivity index (χ4v) is 3.30. The normalized spacial score (nSPS) is 11.8. The number of hydrogen-bond donors (Lipinski definition) is 1. The van der Waals surface area contributed by atoms with E-state index in [1.54, 1.807) is 36.4 Å². The summed E-state index contributed by atoms with van der Waals surface area (Å²) in [7, 11) is 1.53. The van der Waals surface area contributed by atoms with Crippen molar-refractivity contribution in [3.8, 4) is 34.3 Å². The van der Waals surface area contributed by atoms with Crippen molar-refractivity contribution in [2.45, 2.75) is 12.4 Å². The van der Waals surface area contributed by atoms with E-state index in [2.05, 4.69) is 20.3 Å². The monoisotopic (exact) mass is 520 g/mol. The lowest BCUT2D eigenvalue weighted by Gasteiger charge is -2.13. The summed E-state index contributed by atoms with van der Waals surface area (Å²) in [4.78, 5) is 12.0. The lowest BCUT2D eigenvalue weighted by Crippen LogP contribution is -2.20. The highest BCUT2D eigenvalue weighted by molar-refractivity contribution is 5.71. The molecule has 1 N–H and O–H groups in total. The summed E-state index contributed by atoms with van der Waals surface area (Å²) in [5, 5.41) is 2.59.